The Morgan fingerprint density at radius 2 is 1.51 bits per heavy atom. The predicted octanol–water partition coefficient (Wildman–Crippen LogP) is 0.647. The Bertz CT molecular complexity index is 1390. The second-order valence-corrected chi connectivity index (χ2v) is 11.6. The third-order valence-corrected chi connectivity index (χ3v) is 6.43. The van der Waals surface area contributed by atoms with Crippen LogP contribution in [0.2, 0.25) is 0 Å². The topological polar surface area (TPSA) is 212 Å². The fourth-order valence-corrected chi connectivity index (χ4v) is 4.16. The summed E-state index contributed by atoms with van der Waals surface area (Å²) in [5.74, 6) is 1.13. The second-order valence-electron chi connectivity index (χ2n) is 7.98. The van der Waals surface area contributed by atoms with Crippen molar-refractivity contribution >= 4 is 54.3 Å². The summed E-state index contributed by atoms with van der Waals surface area (Å²) in [6.45, 7) is 11.7. The van der Waals surface area contributed by atoms with Gasteiger partial charge in [0.25, 0.3) is 10.1 Å². The van der Waals surface area contributed by atoms with E-state index in [-0.39, 0.29) is 10.8 Å². The van der Waals surface area contributed by atoms with Crippen LogP contribution >= 0.6 is 0 Å². The highest BCUT2D eigenvalue weighted by molar-refractivity contribution is 7.88. The average Bonchev–Trinajstić information content (AvgIpc) is 2.90. The highest BCUT2D eigenvalue weighted by Gasteiger charge is 2.21. The van der Waals surface area contributed by atoms with E-state index in [4.69, 9.17) is 12.6 Å². The molecule has 0 unspecified atom stereocenters. The van der Waals surface area contributed by atoms with Crippen molar-refractivity contribution in [2.45, 2.75) is 32.6 Å². The molecule has 0 saturated carbocycles. The Labute approximate surface area is 244 Å². The zero-order valence-corrected chi connectivity index (χ0v) is 26.7. The number of hydrogen-bond donors (Lipinski definition) is 3. The highest BCUT2D eigenvalue weighted by Crippen LogP contribution is 2.22. The van der Waals surface area contributed by atoms with Crippen LogP contribution in [-0.2, 0) is 30.8 Å². The summed E-state index contributed by atoms with van der Waals surface area (Å²) in [4.78, 5) is 19.0. The van der Waals surface area contributed by atoms with E-state index in [0.29, 0.717) is 56.9 Å². The smallest absolute Gasteiger partial charge is 0.347 e. The summed E-state index contributed by atoms with van der Waals surface area (Å²) in [6.07, 6.45) is 1.14. The van der Waals surface area contributed by atoms with Crippen LogP contribution < -0.4 is 19.8 Å². The third-order valence-electron chi connectivity index (χ3n) is 4.85. The first-order chi connectivity index (χ1) is 19.1. The molecular weight excluding hydrogens is 600 g/mol. The molecule has 2 aromatic rings. The van der Waals surface area contributed by atoms with Gasteiger partial charge in [-0.15, -0.1) is 12.6 Å². The van der Waals surface area contributed by atoms with Crippen molar-refractivity contribution in [3.8, 4) is 0 Å². The van der Waals surface area contributed by atoms with Gasteiger partial charge in [-0.05, 0) is 18.2 Å². The number of aromatic nitrogens is 3. The Morgan fingerprint density at radius 1 is 0.951 bits per heavy atom. The molecule has 1 aromatic heterocycles. The van der Waals surface area contributed by atoms with Crippen molar-refractivity contribution in [3.63, 3.8) is 0 Å². The molecule has 0 amide bonds. The monoisotopic (exact) mass is 640 g/mol. The van der Waals surface area contributed by atoms with Crippen molar-refractivity contribution in [1.29, 1.82) is 0 Å². The summed E-state index contributed by atoms with van der Waals surface area (Å²) in [5.41, 5.74) is 0.398. The molecule has 1 fully saturated rings. The van der Waals surface area contributed by atoms with Crippen LogP contribution in [0.5, 0.6) is 0 Å². The second kappa shape index (κ2) is 18.5. The number of piperazine rings is 1. The Balaban J connectivity index is 0.00000180. The van der Waals surface area contributed by atoms with Crippen LogP contribution in [0.3, 0.4) is 0 Å². The molecule has 3 rings (SSSR count). The lowest BCUT2D eigenvalue weighted by atomic mass is 10.3. The maximum Gasteiger partial charge on any atom is 0.425 e. The number of anilines is 4. The lowest BCUT2D eigenvalue weighted by Gasteiger charge is -2.34. The zero-order valence-electron chi connectivity index (χ0n) is 24.3. The summed E-state index contributed by atoms with van der Waals surface area (Å²) in [6, 6.07) is 5.71. The van der Waals surface area contributed by atoms with Gasteiger partial charge in [0.15, 0.2) is 0 Å². The van der Waals surface area contributed by atoms with E-state index in [9.17, 15) is 21.4 Å². The molecule has 41 heavy (non-hydrogen) atoms. The Kier molecular flexibility index (Phi) is 17.1. The predicted molar refractivity (Wildman–Crippen MR) is 158 cm³/mol. The molecule has 1 aromatic carbocycles. The standard InChI is InChI=1S/C18H28N8O5S2.2C2H6.O3S/c1-24(2)17-21-16(20-14-5-4-6-15(13-14)33(29,30)31)22-18(23-17)26-11-9-25(10-12-26)8-7-19-32(3,27)28;2*1-2;1-4(2)3/h4-6,13,19H,7-12H2,1-3H3,(H,29,30,31)(H,20,21,22,23);2*1-2H3;. The number of benzene rings is 1. The van der Waals surface area contributed by atoms with Gasteiger partial charge in [0.2, 0.25) is 27.9 Å². The van der Waals surface area contributed by atoms with Gasteiger partial charge >= 0.3 is 10.6 Å². The maximum atomic E-state index is 11.4. The van der Waals surface area contributed by atoms with Crippen molar-refractivity contribution in [2.75, 3.05) is 74.7 Å². The summed E-state index contributed by atoms with van der Waals surface area (Å²) < 4.78 is 82.4. The van der Waals surface area contributed by atoms with Gasteiger partial charge in [0, 0.05) is 59.1 Å². The van der Waals surface area contributed by atoms with E-state index in [1.165, 1.54) is 18.2 Å². The van der Waals surface area contributed by atoms with Crippen molar-refractivity contribution < 1.29 is 34.0 Å². The van der Waals surface area contributed by atoms with Gasteiger partial charge < -0.3 is 15.1 Å². The molecule has 0 radical (unpaired) electrons. The van der Waals surface area contributed by atoms with E-state index >= 15 is 0 Å². The quantitative estimate of drug-likeness (QED) is 0.321. The van der Waals surface area contributed by atoms with Gasteiger partial charge in [-0.3, -0.25) is 9.45 Å². The van der Waals surface area contributed by atoms with E-state index in [1.807, 2.05) is 32.6 Å². The fourth-order valence-electron chi connectivity index (χ4n) is 3.18. The number of hydrogen-bond acceptors (Lipinski definition) is 14. The zero-order chi connectivity index (χ0) is 31.8. The van der Waals surface area contributed by atoms with Crippen LogP contribution in [0.4, 0.5) is 23.5 Å². The van der Waals surface area contributed by atoms with Gasteiger partial charge in [-0.1, -0.05) is 33.8 Å². The normalized spacial score (nSPS) is 13.3. The van der Waals surface area contributed by atoms with Gasteiger partial charge in [0.1, 0.15) is 0 Å². The minimum atomic E-state index is -4.34. The van der Waals surface area contributed by atoms with Gasteiger partial charge in [-0.2, -0.15) is 23.4 Å². The molecular formula is C22H40N8O8S3. The van der Waals surface area contributed by atoms with Crippen LogP contribution in [0, 0.1) is 0 Å². The Morgan fingerprint density at radius 3 is 2.00 bits per heavy atom. The number of sulfonamides is 1. The minimum absolute atomic E-state index is 0.232. The highest BCUT2D eigenvalue weighted by atomic mass is 32.2. The van der Waals surface area contributed by atoms with Crippen LogP contribution in [0.15, 0.2) is 29.2 Å². The molecule has 16 nitrogen and oxygen atoms in total. The maximum absolute atomic E-state index is 11.4. The number of nitrogens with one attached hydrogen (secondary N) is 2. The fraction of sp³-hybridized carbons (Fsp3) is 0.591. The van der Waals surface area contributed by atoms with E-state index in [1.54, 1.807) is 25.1 Å². The molecule has 19 heteroatoms. The van der Waals surface area contributed by atoms with Crippen molar-refractivity contribution in [3.05, 3.63) is 24.3 Å². The molecule has 3 N–H and O–H groups in total. The van der Waals surface area contributed by atoms with Crippen LogP contribution in [0.25, 0.3) is 0 Å². The Hall–Kier alpha value is -2.97. The molecule has 0 spiro atoms. The lowest BCUT2D eigenvalue weighted by Crippen LogP contribution is -2.49. The van der Waals surface area contributed by atoms with Crippen LogP contribution in [-0.4, -0.2) is 113 Å². The van der Waals surface area contributed by atoms with Gasteiger partial charge in [0.05, 0.1) is 11.2 Å². The number of rotatable bonds is 9. The van der Waals surface area contributed by atoms with Gasteiger partial charge in [-0.25, -0.2) is 13.1 Å². The summed E-state index contributed by atoms with van der Waals surface area (Å²) in [7, 11) is -7.05. The van der Waals surface area contributed by atoms with E-state index in [0.717, 1.165) is 6.26 Å². The first kappa shape index (κ1) is 38.0. The van der Waals surface area contributed by atoms with Crippen LogP contribution in [0.1, 0.15) is 27.7 Å². The molecule has 1 saturated heterocycles. The SMILES string of the molecule is CC.CC.CN(C)c1nc(Nc2cccc(S(=O)(=O)O)c2)nc(N2CCN(CCNS(C)(=O)=O)CC2)n1.O=S(=O)=O. The minimum Gasteiger partial charge on any atom is -0.347 e. The van der Waals surface area contributed by atoms with Crippen molar-refractivity contribution in [2.24, 2.45) is 0 Å². The first-order valence-electron chi connectivity index (χ1n) is 12.6. The number of nitrogens with zero attached hydrogens (tertiary/aromatic N) is 6. The van der Waals surface area contributed by atoms with E-state index < -0.39 is 30.8 Å². The molecule has 2 heterocycles. The van der Waals surface area contributed by atoms with Crippen molar-refractivity contribution in [1.82, 2.24) is 24.6 Å². The molecule has 1 aliphatic rings. The average molecular weight is 641 g/mol. The molecule has 234 valence electrons. The molecule has 0 bridgehead atoms. The summed E-state index contributed by atoms with van der Waals surface area (Å²) in [5, 5.41) is 2.98. The summed E-state index contributed by atoms with van der Waals surface area (Å²) >= 11 is 0. The molecule has 1 aliphatic heterocycles. The lowest BCUT2D eigenvalue weighted by molar-refractivity contribution is 0.261. The first-order valence-corrected chi connectivity index (χ1v) is 16.9. The van der Waals surface area contributed by atoms with E-state index in [2.05, 4.69) is 29.9 Å². The molecule has 0 atom stereocenters. The third kappa shape index (κ3) is 15.6. The largest absolute Gasteiger partial charge is 0.425 e. The molecule has 0 aliphatic carbocycles.